The summed E-state index contributed by atoms with van der Waals surface area (Å²) in [6, 6.07) is 10.3. The summed E-state index contributed by atoms with van der Waals surface area (Å²) in [6.45, 7) is 0.926. The van der Waals surface area contributed by atoms with Crippen LogP contribution in [0.4, 0.5) is 0 Å². The fourth-order valence-corrected chi connectivity index (χ4v) is 2.69. The van der Waals surface area contributed by atoms with Crippen LogP contribution in [0.3, 0.4) is 0 Å². The molecule has 0 unspecified atom stereocenters. The third kappa shape index (κ3) is 3.72. The molecule has 1 atom stereocenters. The molecule has 0 fully saturated rings. The van der Waals surface area contributed by atoms with E-state index in [1.54, 1.807) is 42.5 Å². The topological polar surface area (TPSA) is 94.1 Å². The van der Waals surface area contributed by atoms with E-state index in [0.29, 0.717) is 42.4 Å². The number of aliphatic carboxylic acids is 1. The summed E-state index contributed by atoms with van der Waals surface area (Å²) in [4.78, 5) is 24.4. The van der Waals surface area contributed by atoms with Crippen LogP contribution < -0.4 is 19.5 Å². The van der Waals surface area contributed by atoms with Gasteiger partial charge >= 0.3 is 5.97 Å². The average molecular weight is 357 g/mol. The molecule has 2 aromatic carbocycles. The first-order valence-electron chi connectivity index (χ1n) is 8.16. The van der Waals surface area contributed by atoms with E-state index in [0.717, 1.165) is 0 Å². The van der Waals surface area contributed by atoms with Gasteiger partial charge in [-0.2, -0.15) is 0 Å². The molecule has 1 aliphatic rings. The van der Waals surface area contributed by atoms with E-state index in [9.17, 15) is 14.7 Å². The third-order valence-corrected chi connectivity index (χ3v) is 3.97. The van der Waals surface area contributed by atoms with Crippen molar-refractivity contribution in [2.75, 3.05) is 20.3 Å². The Balaban J connectivity index is 1.88. The van der Waals surface area contributed by atoms with Crippen molar-refractivity contribution in [3.05, 3.63) is 53.6 Å². The minimum absolute atomic E-state index is 0.235. The van der Waals surface area contributed by atoms with Crippen molar-refractivity contribution < 1.29 is 28.9 Å². The summed E-state index contributed by atoms with van der Waals surface area (Å²) in [5, 5.41) is 12.1. The fraction of sp³-hybridized carbons (Fsp3) is 0.263. The Kier molecular flexibility index (Phi) is 5.26. The highest BCUT2D eigenvalue weighted by molar-refractivity contribution is 5.99. The molecule has 7 nitrogen and oxygen atoms in total. The summed E-state index contributed by atoms with van der Waals surface area (Å²) in [6.07, 6.45) is 0.706. The van der Waals surface area contributed by atoms with Crippen molar-refractivity contribution >= 4 is 11.9 Å². The molecule has 1 amide bonds. The molecule has 0 bridgehead atoms. The minimum Gasteiger partial charge on any atom is -0.497 e. The van der Waals surface area contributed by atoms with E-state index in [2.05, 4.69) is 5.32 Å². The van der Waals surface area contributed by atoms with Crippen LogP contribution in [-0.4, -0.2) is 37.3 Å². The van der Waals surface area contributed by atoms with Gasteiger partial charge in [0, 0.05) is 6.42 Å². The molecule has 0 radical (unpaired) electrons. The maximum atomic E-state index is 12.7. The minimum atomic E-state index is -1.22. The Labute approximate surface area is 150 Å². The summed E-state index contributed by atoms with van der Waals surface area (Å²) in [5.41, 5.74) is 0.642. The maximum absolute atomic E-state index is 12.7. The lowest BCUT2D eigenvalue weighted by Crippen LogP contribution is -2.34. The lowest BCUT2D eigenvalue weighted by Gasteiger charge is -2.17. The van der Waals surface area contributed by atoms with Gasteiger partial charge in [0.15, 0.2) is 17.5 Å². The Hall–Kier alpha value is -3.22. The molecule has 1 aliphatic heterocycles. The molecule has 3 rings (SSSR count). The lowest BCUT2D eigenvalue weighted by atomic mass is 10.1. The monoisotopic (exact) mass is 357 g/mol. The molecular weight excluding hydrogens is 338 g/mol. The molecule has 2 aromatic rings. The molecule has 0 saturated heterocycles. The summed E-state index contributed by atoms with van der Waals surface area (Å²) >= 11 is 0. The molecule has 1 heterocycles. The molecule has 0 saturated carbocycles. The van der Waals surface area contributed by atoms with Crippen LogP contribution in [0.1, 0.15) is 28.4 Å². The van der Waals surface area contributed by atoms with Gasteiger partial charge < -0.3 is 24.6 Å². The van der Waals surface area contributed by atoms with Crippen molar-refractivity contribution in [3.8, 4) is 17.2 Å². The van der Waals surface area contributed by atoms with Crippen LogP contribution in [0, 0.1) is 0 Å². The van der Waals surface area contributed by atoms with Gasteiger partial charge in [-0.25, -0.2) is 4.79 Å². The number of methoxy groups -OCH3 is 1. The molecule has 136 valence electrons. The summed E-state index contributed by atoms with van der Waals surface area (Å²) in [7, 11) is 1.49. The van der Waals surface area contributed by atoms with E-state index >= 15 is 0 Å². The normalized spacial score (nSPS) is 14.0. The van der Waals surface area contributed by atoms with E-state index in [-0.39, 0.29) is 5.56 Å². The highest BCUT2D eigenvalue weighted by Crippen LogP contribution is 2.33. The zero-order valence-corrected chi connectivity index (χ0v) is 14.2. The second kappa shape index (κ2) is 7.77. The quantitative estimate of drug-likeness (QED) is 0.853. The number of ether oxygens (including phenoxy) is 3. The van der Waals surface area contributed by atoms with Gasteiger partial charge in [-0.15, -0.1) is 0 Å². The van der Waals surface area contributed by atoms with E-state index in [4.69, 9.17) is 14.2 Å². The lowest BCUT2D eigenvalue weighted by molar-refractivity contribution is -0.139. The molecule has 0 spiro atoms. The number of carboxylic acid groups (broad SMARTS) is 1. The largest absolute Gasteiger partial charge is 0.497 e. The van der Waals surface area contributed by atoms with Gasteiger partial charge in [-0.3, -0.25) is 4.79 Å². The SMILES string of the molecule is COc1cccc([C@H](NC(=O)c2cccc3c2OCCCO3)C(=O)O)c1. The van der Waals surface area contributed by atoms with Gasteiger partial charge in [-0.05, 0) is 29.8 Å². The number of carboxylic acids is 1. The molecule has 0 aliphatic carbocycles. The number of nitrogens with one attached hydrogen (secondary N) is 1. The number of amides is 1. The average Bonchev–Trinajstić information content (AvgIpc) is 2.91. The van der Waals surface area contributed by atoms with Crippen LogP contribution in [0.25, 0.3) is 0 Å². The highest BCUT2D eigenvalue weighted by Gasteiger charge is 2.26. The number of hydrogen-bond acceptors (Lipinski definition) is 5. The number of carbonyl (C=O) groups excluding carboxylic acids is 1. The van der Waals surface area contributed by atoms with E-state index in [1.807, 2.05) is 0 Å². The third-order valence-electron chi connectivity index (χ3n) is 3.97. The second-order valence-electron chi connectivity index (χ2n) is 5.70. The number of benzene rings is 2. The van der Waals surface area contributed by atoms with Crippen molar-refractivity contribution in [2.45, 2.75) is 12.5 Å². The van der Waals surface area contributed by atoms with Gasteiger partial charge in [0.2, 0.25) is 0 Å². The van der Waals surface area contributed by atoms with Gasteiger partial charge in [-0.1, -0.05) is 18.2 Å². The van der Waals surface area contributed by atoms with Crippen LogP contribution in [0.2, 0.25) is 0 Å². The van der Waals surface area contributed by atoms with Crippen molar-refractivity contribution in [3.63, 3.8) is 0 Å². The highest BCUT2D eigenvalue weighted by atomic mass is 16.5. The fourth-order valence-electron chi connectivity index (χ4n) is 2.69. The number of rotatable bonds is 5. The number of fused-ring (bicyclic) bond motifs is 1. The van der Waals surface area contributed by atoms with Crippen LogP contribution in [-0.2, 0) is 4.79 Å². The first-order valence-corrected chi connectivity index (χ1v) is 8.16. The summed E-state index contributed by atoms with van der Waals surface area (Å²) < 4.78 is 16.3. The van der Waals surface area contributed by atoms with Gasteiger partial charge in [0.1, 0.15) is 5.75 Å². The number of para-hydroxylation sites is 1. The Bertz CT molecular complexity index is 819. The Morgan fingerprint density at radius 2 is 1.92 bits per heavy atom. The Morgan fingerprint density at radius 1 is 1.15 bits per heavy atom. The van der Waals surface area contributed by atoms with E-state index in [1.165, 1.54) is 7.11 Å². The van der Waals surface area contributed by atoms with E-state index < -0.39 is 17.9 Å². The maximum Gasteiger partial charge on any atom is 0.330 e. The van der Waals surface area contributed by atoms with Crippen molar-refractivity contribution in [2.24, 2.45) is 0 Å². The molecular formula is C19H19NO6. The second-order valence-corrected chi connectivity index (χ2v) is 5.70. The number of hydrogen-bond donors (Lipinski definition) is 2. The molecule has 2 N–H and O–H groups in total. The zero-order valence-electron chi connectivity index (χ0n) is 14.2. The first-order chi connectivity index (χ1) is 12.6. The first kappa shape index (κ1) is 17.6. The molecule has 26 heavy (non-hydrogen) atoms. The van der Waals surface area contributed by atoms with Crippen LogP contribution in [0.5, 0.6) is 17.2 Å². The van der Waals surface area contributed by atoms with Crippen LogP contribution in [0.15, 0.2) is 42.5 Å². The molecule has 0 aromatic heterocycles. The predicted octanol–water partition coefficient (Wildman–Crippen LogP) is 2.41. The van der Waals surface area contributed by atoms with Crippen molar-refractivity contribution in [1.82, 2.24) is 5.32 Å². The predicted molar refractivity (Wildman–Crippen MR) is 92.9 cm³/mol. The smallest absolute Gasteiger partial charge is 0.330 e. The van der Waals surface area contributed by atoms with Crippen molar-refractivity contribution in [1.29, 1.82) is 0 Å². The molecule has 7 heteroatoms. The van der Waals surface area contributed by atoms with Gasteiger partial charge in [0.05, 0.1) is 25.9 Å². The zero-order chi connectivity index (χ0) is 18.5. The Morgan fingerprint density at radius 3 is 2.69 bits per heavy atom. The van der Waals surface area contributed by atoms with Gasteiger partial charge in [0.25, 0.3) is 5.91 Å². The standard InChI is InChI=1S/C19H19NO6/c1-24-13-6-2-5-12(11-13)16(19(22)23)20-18(21)14-7-3-8-15-17(14)26-10-4-9-25-15/h2-3,5-8,11,16H,4,9-10H2,1H3,(H,20,21)(H,22,23)/t16-/m0/s1. The van der Waals surface area contributed by atoms with Crippen LogP contribution >= 0.6 is 0 Å². The number of carbonyl (C=O) groups is 2. The summed E-state index contributed by atoms with van der Waals surface area (Å²) in [5.74, 6) is -0.414.